The predicted octanol–water partition coefficient (Wildman–Crippen LogP) is 1.61. The van der Waals surface area contributed by atoms with Gasteiger partial charge in [0.15, 0.2) is 17.7 Å². The molecule has 1 aromatic carbocycles. The molecule has 6 heteroatoms. The molecule has 1 atom stereocenters. The fourth-order valence-electron chi connectivity index (χ4n) is 1.18. The van der Waals surface area contributed by atoms with Crippen molar-refractivity contribution in [2.45, 2.75) is 13.0 Å². The molecule has 0 aliphatic heterocycles. The molecule has 0 radical (unpaired) electrons. The second kappa shape index (κ2) is 4.04. The lowest BCUT2D eigenvalue weighted by molar-refractivity contribution is -0.147. The van der Waals surface area contributed by atoms with Gasteiger partial charge in [0.05, 0.1) is 0 Å². The monoisotopic (exact) mass is 234 g/mol. The molecule has 0 aromatic heterocycles. The van der Waals surface area contributed by atoms with Crippen molar-refractivity contribution >= 4 is 17.6 Å². The van der Waals surface area contributed by atoms with E-state index in [9.17, 15) is 19.4 Å². The standard InChI is InChI=1S/C9H8ClFO4/c1-3-4(10)2-5(11)7(12)6(3)8(13)9(14)15/h2,8,12-13H,1H3,(H,14,15). The Hall–Kier alpha value is -1.33. The van der Waals surface area contributed by atoms with Crippen molar-refractivity contribution in [1.29, 1.82) is 0 Å². The highest BCUT2D eigenvalue weighted by Crippen LogP contribution is 2.34. The van der Waals surface area contributed by atoms with Gasteiger partial charge in [-0.05, 0) is 18.6 Å². The minimum atomic E-state index is -2.00. The van der Waals surface area contributed by atoms with E-state index in [1.165, 1.54) is 6.92 Å². The van der Waals surface area contributed by atoms with Gasteiger partial charge in [-0.15, -0.1) is 0 Å². The van der Waals surface area contributed by atoms with Gasteiger partial charge in [-0.3, -0.25) is 0 Å². The van der Waals surface area contributed by atoms with E-state index in [1.807, 2.05) is 0 Å². The van der Waals surface area contributed by atoms with Crippen molar-refractivity contribution in [3.8, 4) is 5.75 Å². The Kier molecular flexibility index (Phi) is 3.16. The highest BCUT2D eigenvalue weighted by Gasteiger charge is 2.25. The highest BCUT2D eigenvalue weighted by atomic mass is 35.5. The summed E-state index contributed by atoms with van der Waals surface area (Å²) >= 11 is 5.58. The van der Waals surface area contributed by atoms with Crippen LogP contribution in [0.1, 0.15) is 17.2 Å². The molecule has 0 aliphatic carbocycles. The molecule has 3 N–H and O–H groups in total. The van der Waals surface area contributed by atoms with Gasteiger partial charge < -0.3 is 15.3 Å². The number of aromatic hydroxyl groups is 1. The van der Waals surface area contributed by atoms with Crippen molar-refractivity contribution in [3.05, 3.63) is 28.0 Å². The molecule has 15 heavy (non-hydrogen) atoms. The van der Waals surface area contributed by atoms with Crippen LogP contribution >= 0.6 is 11.6 Å². The van der Waals surface area contributed by atoms with Crippen LogP contribution in [0.4, 0.5) is 4.39 Å². The number of phenolic OH excluding ortho intramolecular Hbond substituents is 1. The van der Waals surface area contributed by atoms with Crippen LogP contribution in [-0.2, 0) is 4.79 Å². The minimum absolute atomic E-state index is 0.0550. The van der Waals surface area contributed by atoms with Gasteiger partial charge in [0.2, 0.25) is 0 Å². The van der Waals surface area contributed by atoms with Gasteiger partial charge in [-0.1, -0.05) is 11.6 Å². The average Bonchev–Trinajstić information content (AvgIpc) is 2.15. The van der Waals surface area contributed by atoms with E-state index in [1.54, 1.807) is 0 Å². The second-order valence-electron chi connectivity index (χ2n) is 2.97. The van der Waals surface area contributed by atoms with Crippen LogP contribution in [0.2, 0.25) is 5.02 Å². The molecule has 0 spiro atoms. The van der Waals surface area contributed by atoms with Crippen molar-refractivity contribution < 1.29 is 24.5 Å². The molecule has 0 amide bonds. The Morgan fingerprint density at radius 2 is 2.13 bits per heavy atom. The molecule has 1 aromatic rings. The number of carbonyl (C=O) groups is 1. The summed E-state index contributed by atoms with van der Waals surface area (Å²) in [6.07, 6.45) is -2.00. The molecular formula is C9H8ClFO4. The zero-order chi connectivity index (χ0) is 11.7. The first-order chi connectivity index (χ1) is 6.86. The van der Waals surface area contributed by atoms with Crippen molar-refractivity contribution in [2.24, 2.45) is 0 Å². The van der Waals surface area contributed by atoms with Crippen molar-refractivity contribution in [3.63, 3.8) is 0 Å². The molecule has 0 fully saturated rings. The van der Waals surface area contributed by atoms with Gasteiger partial charge in [-0.2, -0.15) is 0 Å². The normalized spacial score (nSPS) is 12.5. The van der Waals surface area contributed by atoms with Crippen LogP contribution in [0, 0.1) is 12.7 Å². The van der Waals surface area contributed by atoms with E-state index < -0.39 is 29.2 Å². The van der Waals surface area contributed by atoms with Gasteiger partial charge in [0.25, 0.3) is 0 Å². The van der Waals surface area contributed by atoms with Crippen LogP contribution in [-0.4, -0.2) is 21.3 Å². The van der Waals surface area contributed by atoms with E-state index in [0.29, 0.717) is 0 Å². The fraction of sp³-hybridized carbons (Fsp3) is 0.222. The number of aliphatic hydroxyl groups is 1. The first-order valence-electron chi connectivity index (χ1n) is 3.94. The highest BCUT2D eigenvalue weighted by molar-refractivity contribution is 6.31. The lowest BCUT2D eigenvalue weighted by atomic mass is 10.0. The Morgan fingerprint density at radius 3 is 2.60 bits per heavy atom. The maximum absolute atomic E-state index is 13.0. The molecule has 1 rings (SSSR count). The number of benzene rings is 1. The number of rotatable bonds is 2. The zero-order valence-electron chi connectivity index (χ0n) is 7.66. The number of hydrogen-bond acceptors (Lipinski definition) is 3. The Bertz CT molecular complexity index is 393. The van der Waals surface area contributed by atoms with Gasteiger partial charge in [0.1, 0.15) is 0 Å². The number of halogens is 2. The summed E-state index contributed by atoms with van der Waals surface area (Å²) in [7, 11) is 0. The molecule has 0 heterocycles. The Morgan fingerprint density at radius 1 is 1.60 bits per heavy atom. The first kappa shape index (κ1) is 11.7. The summed E-state index contributed by atoms with van der Waals surface area (Å²) in [5, 5.41) is 27.0. The first-order valence-corrected chi connectivity index (χ1v) is 4.32. The summed E-state index contributed by atoms with van der Waals surface area (Å²) in [6, 6.07) is 0.851. The van der Waals surface area contributed by atoms with Crippen LogP contribution < -0.4 is 0 Å². The van der Waals surface area contributed by atoms with Crippen LogP contribution in [0.25, 0.3) is 0 Å². The molecular weight excluding hydrogens is 227 g/mol. The molecule has 0 bridgehead atoms. The molecule has 82 valence electrons. The van der Waals surface area contributed by atoms with E-state index >= 15 is 0 Å². The Balaban J connectivity index is 3.45. The summed E-state index contributed by atoms with van der Waals surface area (Å²) in [6.45, 7) is 1.38. The van der Waals surface area contributed by atoms with Crippen LogP contribution in [0.5, 0.6) is 5.75 Å². The van der Waals surface area contributed by atoms with E-state index in [-0.39, 0.29) is 10.6 Å². The number of aliphatic hydroxyl groups excluding tert-OH is 1. The predicted molar refractivity (Wildman–Crippen MR) is 50.4 cm³/mol. The SMILES string of the molecule is Cc1c(Cl)cc(F)c(O)c1C(O)C(=O)O. The van der Waals surface area contributed by atoms with Gasteiger partial charge in [0, 0.05) is 10.6 Å². The van der Waals surface area contributed by atoms with Gasteiger partial charge >= 0.3 is 5.97 Å². The number of hydrogen-bond donors (Lipinski definition) is 3. The van der Waals surface area contributed by atoms with Crippen LogP contribution in [0.3, 0.4) is 0 Å². The molecule has 0 saturated carbocycles. The number of carboxylic acids is 1. The number of phenols is 1. The smallest absolute Gasteiger partial charge is 0.337 e. The minimum Gasteiger partial charge on any atom is -0.505 e. The molecule has 0 saturated heterocycles. The molecule has 0 aliphatic rings. The van der Waals surface area contributed by atoms with E-state index in [0.717, 1.165) is 6.07 Å². The summed E-state index contributed by atoms with van der Waals surface area (Å²) < 4.78 is 13.0. The van der Waals surface area contributed by atoms with Crippen LogP contribution in [0.15, 0.2) is 6.07 Å². The van der Waals surface area contributed by atoms with Crippen molar-refractivity contribution in [2.75, 3.05) is 0 Å². The summed E-state index contributed by atoms with van der Waals surface area (Å²) in [4.78, 5) is 10.5. The van der Waals surface area contributed by atoms with E-state index in [2.05, 4.69) is 0 Å². The average molecular weight is 235 g/mol. The summed E-state index contributed by atoms with van der Waals surface area (Å²) in [5.41, 5.74) is -0.294. The maximum Gasteiger partial charge on any atom is 0.337 e. The Labute approximate surface area is 89.5 Å². The molecule has 4 nitrogen and oxygen atoms in total. The largest absolute Gasteiger partial charge is 0.505 e. The third-order valence-corrected chi connectivity index (χ3v) is 2.40. The molecule has 1 unspecified atom stereocenters. The third-order valence-electron chi connectivity index (χ3n) is 2.00. The van der Waals surface area contributed by atoms with E-state index in [4.69, 9.17) is 16.7 Å². The fourth-order valence-corrected chi connectivity index (χ4v) is 1.38. The number of carboxylic acid groups (broad SMARTS) is 1. The quantitative estimate of drug-likeness (QED) is 0.727. The number of aliphatic carboxylic acids is 1. The second-order valence-corrected chi connectivity index (χ2v) is 3.38. The lowest BCUT2D eigenvalue weighted by Crippen LogP contribution is -2.12. The van der Waals surface area contributed by atoms with Gasteiger partial charge in [-0.25, -0.2) is 9.18 Å². The summed E-state index contributed by atoms with van der Waals surface area (Å²) in [5.74, 6) is -3.55. The van der Waals surface area contributed by atoms with Crippen molar-refractivity contribution in [1.82, 2.24) is 0 Å². The zero-order valence-corrected chi connectivity index (χ0v) is 8.42. The topological polar surface area (TPSA) is 77.8 Å². The lowest BCUT2D eigenvalue weighted by Gasteiger charge is -2.13. The maximum atomic E-state index is 13.0. The third kappa shape index (κ3) is 2.03.